The molecule has 0 aliphatic rings. The largest absolute Gasteiger partial charge is 0.302 e. The molecule has 2 aromatic heterocycles. The number of hydrogen-bond donors (Lipinski definition) is 1. The van der Waals surface area contributed by atoms with Crippen molar-refractivity contribution in [3.05, 3.63) is 29.3 Å². The number of hydrogen-bond acceptors (Lipinski definition) is 4. The number of thiophene rings is 1. The van der Waals surface area contributed by atoms with Crippen LogP contribution in [-0.2, 0) is 4.84 Å². The van der Waals surface area contributed by atoms with Crippen LogP contribution in [0.5, 0.6) is 0 Å². The molecule has 0 fully saturated rings. The van der Waals surface area contributed by atoms with Gasteiger partial charge in [-0.15, -0.1) is 11.3 Å². The Kier molecular flexibility index (Phi) is 3.30. The first-order chi connectivity index (χ1) is 7.31. The van der Waals surface area contributed by atoms with Crippen LogP contribution in [-0.4, -0.2) is 11.6 Å². The minimum Gasteiger partial charge on any atom is -0.302 e. The Morgan fingerprint density at radius 3 is 3.27 bits per heavy atom. The van der Waals surface area contributed by atoms with Gasteiger partial charge in [-0.1, -0.05) is 0 Å². The van der Waals surface area contributed by atoms with E-state index in [1.54, 1.807) is 11.3 Å². The first kappa shape index (κ1) is 10.5. The summed E-state index contributed by atoms with van der Waals surface area (Å²) in [6.45, 7) is 4.69. The molecule has 4 heteroatoms. The van der Waals surface area contributed by atoms with Gasteiger partial charge < -0.3 is 4.84 Å². The molecule has 1 unspecified atom stereocenters. The first-order valence-corrected chi connectivity index (χ1v) is 5.89. The molecule has 0 saturated heterocycles. The fraction of sp³-hybridized carbons (Fsp3) is 0.364. The molecule has 0 aromatic carbocycles. The highest BCUT2D eigenvalue weighted by molar-refractivity contribution is 7.17. The van der Waals surface area contributed by atoms with Crippen molar-refractivity contribution in [3.8, 4) is 0 Å². The van der Waals surface area contributed by atoms with Crippen LogP contribution in [0.25, 0.3) is 10.2 Å². The molecule has 2 aromatic rings. The zero-order chi connectivity index (χ0) is 10.7. The monoisotopic (exact) mass is 222 g/mol. The van der Waals surface area contributed by atoms with Gasteiger partial charge >= 0.3 is 0 Å². The number of hydroxylamine groups is 1. The van der Waals surface area contributed by atoms with Crippen molar-refractivity contribution in [2.45, 2.75) is 19.9 Å². The van der Waals surface area contributed by atoms with Crippen LogP contribution >= 0.6 is 11.3 Å². The van der Waals surface area contributed by atoms with E-state index >= 15 is 0 Å². The lowest BCUT2D eigenvalue weighted by Crippen LogP contribution is -2.18. The molecule has 0 bridgehead atoms. The summed E-state index contributed by atoms with van der Waals surface area (Å²) in [5.41, 5.74) is 5.18. The first-order valence-electron chi connectivity index (χ1n) is 5.01. The number of pyridine rings is 1. The fourth-order valence-corrected chi connectivity index (χ4v) is 2.16. The highest BCUT2D eigenvalue weighted by atomic mass is 32.1. The number of rotatable bonds is 4. The maximum absolute atomic E-state index is 5.17. The summed E-state index contributed by atoms with van der Waals surface area (Å²) in [4.78, 5) is 9.55. The molecule has 3 nitrogen and oxygen atoms in total. The van der Waals surface area contributed by atoms with Crippen molar-refractivity contribution in [1.82, 2.24) is 10.5 Å². The molecular formula is C11H14N2OS. The van der Waals surface area contributed by atoms with E-state index in [4.69, 9.17) is 4.84 Å². The summed E-state index contributed by atoms with van der Waals surface area (Å²) in [5.74, 6) is 0. The summed E-state index contributed by atoms with van der Waals surface area (Å²) in [6.07, 6.45) is 1.89. The van der Waals surface area contributed by atoms with Crippen LogP contribution in [0.1, 0.15) is 25.5 Å². The van der Waals surface area contributed by atoms with Crippen molar-refractivity contribution in [3.63, 3.8) is 0 Å². The second-order valence-corrected chi connectivity index (χ2v) is 4.29. The van der Waals surface area contributed by atoms with E-state index in [-0.39, 0.29) is 6.04 Å². The van der Waals surface area contributed by atoms with Crippen LogP contribution in [0.3, 0.4) is 0 Å². The molecule has 0 aliphatic carbocycles. The molecular weight excluding hydrogens is 208 g/mol. The summed E-state index contributed by atoms with van der Waals surface area (Å²) in [6, 6.07) is 4.36. The number of nitrogens with zero attached hydrogens (tertiary/aromatic N) is 1. The van der Waals surface area contributed by atoms with E-state index in [9.17, 15) is 0 Å². The Balaban J connectivity index is 2.19. The standard InChI is InChI=1S/C11H14N2OS/c1-3-14-13-8(2)9-6-11-10(12-7-9)4-5-15-11/h4-8,13H,3H2,1-2H3. The quantitative estimate of drug-likeness (QED) is 0.808. The zero-order valence-electron chi connectivity index (χ0n) is 8.86. The van der Waals surface area contributed by atoms with Crippen LogP contribution < -0.4 is 5.48 Å². The highest BCUT2D eigenvalue weighted by Crippen LogP contribution is 2.22. The van der Waals surface area contributed by atoms with E-state index in [1.165, 1.54) is 4.70 Å². The van der Waals surface area contributed by atoms with E-state index in [2.05, 4.69) is 28.8 Å². The van der Waals surface area contributed by atoms with Gasteiger partial charge in [-0.2, -0.15) is 5.48 Å². The van der Waals surface area contributed by atoms with Crippen molar-refractivity contribution in [2.24, 2.45) is 0 Å². The molecule has 0 spiro atoms. The zero-order valence-corrected chi connectivity index (χ0v) is 9.67. The van der Waals surface area contributed by atoms with Crippen LogP contribution in [0.4, 0.5) is 0 Å². The van der Waals surface area contributed by atoms with Crippen LogP contribution in [0, 0.1) is 0 Å². The third-order valence-corrected chi connectivity index (χ3v) is 3.08. The highest BCUT2D eigenvalue weighted by Gasteiger charge is 2.06. The van der Waals surface area contributed by atoms with Gasteiger partial charge in [-0.25, -0.2) is 0 Å². The maximum atomic E-state index is 5.17. The summed E-state index contributed by atoms with van der Waals surface area (Å²) < 4.78 is 1.22. The second-order valence-electron chi connectivity index (χ2n) is 3.35. The molecule has 0 radical (unpaired) electrons. The predicted octanol–water partition coefficient (Wildman–Crippen LogP) is 2.90. The van der Waals surface area contributed by atoms with E-state index in [0.29, 0.717) is 6.61 Å². The lowest BCUT2D eigenvalue weighted by molar-refractivity contribution is 0.0284. The second kappa shape index (κ2) is 4.70. The van der Waals surface area contributed by atoms with Gasteiger partial charge in [0.05, 0.1) is 22.9 Å². The van der Waals surface area contributed by atoms with Crippen molar-refractivity contribution >= 4 is 21.6 Å². The van der Waals surface area contributed by atoms with Gasteiger partial charge in [0.15, 0.2) is 0 Å². The Morgan fingerprint density at radius 1 is 1.60 bits per heavy atom. The molecule has 2 rings (SSSR count). The fourth-order valence-electron chi connectivity index (χ4n) is 1.37. The van der Waals surface area contributed by atoms with Gasteiger partial charge in [0.1, 0.15) is 0 Å². The maximum Gasteiger partial charge on any atom is 0.0809 e. The summed E-state index contributed by atoms with van der Waals surface area (Å²) in [7, 11) is 0. The minimum atomic E-state index is 0.170. The van der Waals surface area contributed by atoms with E-state index < -0.39 is 0 Å². The summed E-state index contributed by atoms with van der Waals surface area (Å²) >= 11 is 1.71. The molecule has 15 heavy (non-hydrogen) atoms. The molecule has 0 amide bonds. The Labute approximate surface area is 93.1 Å². The average molecular weight is 222 g/mol. The normalized spacial score (nSPS) is 13.2. The van der Waals surface area contributed by atoms with Crippen LogP contribution in [0.15, 0.2) is 23.7 Å². The molecule has 1 atom stereocenters. The SMILES string of the molecule is CCONC(C)c1cnc2ccsc2c1. The third kappa shape index (κ3) is 2.34. The Morgan fingerprint density at radius 2 is 2.47 bits per heavy atom. The number of aromatic nitrogens is 1. The van der Waals surface area contributed by atoms with Crippen molar-refractivity contribution in [2.75, 3.05) is 6.61 Å². The Bertz CT molecular complexity index is 441. The molecule has 80 valence electrons. The van der Waals surface area contributed by atoms with Gasteiger partial charge in [-0.3, -0.25) is 4.98 Å². The van der Waals surface area contributed by atoms with Crippen LogP contribution in [0.2, 0.25) is 0 Å². The minimum absolute atomic E-state index is 0.170. The molecule has 2 heterocycles. The topological polar surface area (TPSA) is 34.1 Å². The Hall–Kier alpha value is -0.970. The van der Waals surface area contributed by atoms with Gasteiger partial charge in [0, 0.05) is 6.20 Å². The number of fused-ring (bicyclic) bond motifs is 1. The van der Waals surface area contributed by atoms with Crippen molar-refractivity contribution < 1.29 is 4.84 Å². The van der Waals surface area contributed by atoms with Gasteiger partial charge in [0.25, 0.3) is 0 Å². The lowest BCUT2D eigenvalue weighted by atomic mass is 10.1. The lowest BCUT2D eigenvalue weighted by Gasteiger charge is -2.12. The number of nitrogens with one attached hydrogen (secondary N) is 1. The predicted molar refractivity (Wildman–Crippen MR) is 62.8 cm³/mol. The molecule has 0 saturated carbocycles. The van der Waals surface area contributed by atoms with E-state index in [0.717, 1.165) is 11.1 Å². The summed E-state index contributed by atoms with van der Waals surface area (Å²) in [5, 5.41) is 2.06. The molecule has 0 aliphatic heterocycles. The third-order valence-electron chi connectivity index (χ3n) is 2.23. The van der Waals surface area contributed by atoms with Gasteiger partial charge in [0.2, 0.25) is 0 Å². The average Bonchev–Trinajstić information content (AvgIpc) is 2.72. The van der Waals surface area contributed by atoms with Crippen molar-refractivity contribution in [1.29, 1.82) is 0 Å². The molecule has 1 N–H and O–H groups in total. The smallest absolute Gasteiger partial charge is 0.0809 e. The van der Waals surface area contributed by atoms with E-state index in [1.807, 2.05) is 19.2 Å². The van der Waals surface area contributed by atoms with Gasteiger partial charge in [-0.05, 0) is 36.9 Å².